The number of nitrogens with one attached hydrogen (secondary N) is 1. The van der Waals surface area contributed by atoms with Crippen LogP contribution in [0.25, 0.3) is 0 Å². The molecule has 0 fully saturated rings. The number of rotatable bonds is 10. The van der Waals surface area contributed by atoms with Crippen molar-refractivity contribution in [2.45, 2.75) is 44.7 Å². The van der Waals surface area contributed by atoms with Crippen molar-refractivity contribution in [3.63, 3.8) is 0 Å². The van der Waals surface area contributed by atoms with E-state index in [1.54, 1.807) is 0 Å². The van der Waals surface area contributed by atoms with Crippen molar-refractivity contribution in [1.29, 1.82) is 0 Å². The molecule has 0 aliphatic heterocycles. The zero-order valence-electron chi connectivity index (χ0n) is 11.2. The number of carbonyl (C=O) groups excluding carboxylic acids is 2. The molecule has 116 valence electrons. The molecule has 0 saturated heterocycles. The summed E-state index contributed by atoms with van der Waals surface area (Å²) in [7, 11) is 0. The Balaban J connectivity index is 3.30. The summed E-state index contributed by atoms with van der Waals surface area (Å²) < 4.78 is 40.0. The number of unbranched alkanes of at least 4 members (excludes halogenated alkanes) is 3. The van der Waals surface area contributed by atoms with Crippen LogP contribution in [0.1, 0.15) is 38.5 Å². The number of carbonyl (C=O) groups is 1. The third-order valence-electron chi connectivity index (χ3n) is 2.37. The first kappa shape index (κ1) is 18.4. The highest BCUT2D eigenvalue weighted by Crippen LogP contribution is 2.20. The Morgan fingerprint density at radius 3 is 2.50 bits per heavy atom. The van der Waals surface area contributed by atoms with Gasteiger partial charge in [-0.3, -0.25) is 0 Å². The number of ether oxygens (including phenoxy) is 1. The van der Waals surface area contributed by atoms with Crippen LogP contribution in [0.3, 0.4) is 0 Å². The van der Waals surface area contributed by atoms with E-state index in [2.05, 4.69) is 15.0 Å². The Labute approximate surface area is 115 Å². The van der Waals surface area contributed by atoms with Gasteiger partial charge in [-0.15, -0.1) is 0 Å². The fraction of sp³-hybridized carbons (Fsp3) is 0.833. The second-order valence-corrected chi connectivity index (χ2v) is 4.17. The molecule has 1 amide bonds. The monoisotopic (exact) mass is 296 g/mol. The maximum atomic E-state index is 11.8. The van der Waals surface area contributed by atoms with Crippen molar-refractivity contribution in [2.75, 3.05) is 19.7 Å². The van der Waals surface area contributed by atoms with Crippen LogP contribution in [0.2, 0.25) is 0 Å². The van der Waals surface area contributed by atoms with Crippen LogP contribution in [0.4, 0.5) is 18.0 Å². The summed E-state index contributed by atoms with van der Waals surface area (Å²) in [4.78, 5) is 24.2. The summed E-state index contributed by atoms with van der Waals surface area (Å²) in [5.74, 6) is 0. The number of nitrogens with zero attached hydrogens (tertiary/aromatic N) is 1. The molecule has 0 rings (SSSR count). The first-order valence-corrected chi connectivity index (χ1v) is 6.46. The maximum absolute atomic E-state index is 11.8. The Kier molecular flexibility index (Phi) is 10.4. The van der Waals surface area contributed by atoms with Crippen molar-refractivity contribution < 1.29 is 27.5 Å². The van der Waals surface area contributed by atoms with Crippen LogP contribution in [0.5, 0.6) is 0 Å². The van der Waals surface area contributed by atoms with Gasteiger partial charge in [-0.05, 0) is 19.3 Å². The molecule has 8 heteroatoms. The van der Waals surface area contributed by atoms with Crippen molar-refractivity contribution in [2.24, 2.45) is 4.99 Å². The number of hydrogen-bond acceptors (Lipinski definition) is 4. The minimum Gasteiger partial charge on any atom is -0.450 e. The van der Waals surface area contributed by atoms with Crippen LogP contribution >= 0.6 is 0 Å². The minimum atomic E-state index is -4.21. The Hall–Kier alpha value is -1.56. The standard InChI is InChI=1S/C12H19F3N2O3/c13-12(14,15)6-5-9-20-11(19)17-8-4-2-1-3-7-16-10-18/h1-9H2,(H,17,19). The Morgan fingerprint density at radius 1 is 1.15 bits per heavy atom. The highest BCUT2D eigenvalue weighted by atomic mass is 19.4. The average molecular weight is 296 g/mol. The van der Waals surface area contributed by atoms with Gasteiger partial charge >= 0.3 is 12.3 Å². The SMILES string of the molecule is O=C=NCCCCCCNC(=O)OCCCC(F)(F)F. The van der Waals surface area contributed by atoms with Crippen molar-refractivity contribution in [1.82, 2.24) is 5.32 Å². The van der Waals surface area contributed by atoms with E-state index in [4.69, 9.17) is 0 Å². The van der Waals surface area contributed by atoms with Crippen molar-refractivity contribution in [3.8, 4) is 0 Å². The molecule has 0 aliphatic rings. The van der Waals surface area contributed by atoms with E-state index in [1.165, 1.54) is 6.08 Å². The van der Waals surface area contributed by atoms with Gasteiger partial charge in [-0.2, -0.15) is 13.2 Å². The van der Waals surface area contributed by atoms with E-state index < -0.39 is 18.7 Å². The predicted molar refractivity (Wildman–Crippen MR) is 66.1 cm³/mol. The molecule has 0 atom stereocenters. The Bertz CT molecular complexity index is 316. The van der Waals surface area contributed by atoms with E-state index in [1.807, 2.05) is 0 Å². The number of hydrogen-bond donors (Lipinski definition) is 1. The van der Waals surface area contributed by atoms with Crippen LogP contribution < -0.4 is 5.32 Å². The van der Waals surface area contributed by atoms with Gasteiger partial charge in [0.1, 0.15) is 0 Å². The summed E-state index contributed by atoms with van der Waals surface area (Å²) in [6, 6.07) is 0. The number of halogens is 3. The molecule has 0 heterocycles. The number of amides is 1. The first-order chi connectivity index (χ1) is 9.45. The minimum absolute atomic E-state index is 0.228. The van der Waals surface area contributed by atoms with Gasteiger partial charge in [0.2, 0.25) is 6.08 Å². The quantitative estimate of drug-likeness (QED) is 0.383. The third-order valence-corrected chi connectivity index (χ3v) is 2.37. The van der Waals surface area contributed by atoms with Crippen LogP contribution in [0.15, 0.2) is 4.99 Å². The molecular formula is C12H19F3N2O3. The van der Waals surface area contributed by atoms with E-state index in [9.17, 15) is 22.8 Å². The topological polar surface area (TPSA) is 67.8 Å². The molecule has 0 bridgehead atoms. The molecule has 20 heavy (non-hydrogen) atoms. The molecule has 1 N–H and O–H groups in total. The van der Waals surface area contributed by atoms with Gasteiger partial charge in [0.25, 0.3) is 0 Å². The van der Waals surface area contributed by atoms with E-state index in [0.29, 0.717) is 13.1 Å². The fourth-order valence-corrected chi connectivity index (χ4v) is 1.39. The third kappa shape index (κ3) is 14.5. The summed E-state index contributed by atoms with van der Waals surface area (Å²) in [6.07, 6.45) is -1.37. The highest BCUT2D eigenvalue weighted by molar-refractivity contribution is 5.66. The van der Waals surface area contributed by atoms with E-state index >= 15 is 0 Å². The zero-order valence-corrected chi connectivity index (χ0v) is 11.2. The normalized spacial score (nSPS) is 10.8. The van der Waals surface area contributed by atoms with Gasteiger partial charge < -0.3 is 10.1 Å². The smallest absolute Gasteiger partial charge is 0.407 e. The maximum Gasteiger partial charge on any atom is 0.407 e. The van der Waals surface area contributed by atoms with E-state index in [0.717, 1.165) is 25.7 Å². The number of aliphatic imine (C=N–C) groups is 1. The van der Waals surface area contributed by atoms with Gasteiger partial charge in [0.15, 0.2) is 0 Å². The molecule has 0 aromatic carbocycles. The lowest BCUT2D eigenvalue weighted by Crippen LogP contribution is -2.26. The molecule has 0 spiro atoms. The second-order valence-electron chi connectivity index (χ2n) is 4.17. The molecule has 5 nitrogen and oxygen atoms in total. The van der Waals surface area contributed by atoms with Gasteiger partial charge in [-0.25, -0.2) is 14.6 Å². The van der Waals surface area contributed by atoms with E-state index in [-0.39, 0.29) is 13.0 Å². The Morgan fingerprint density at radius 2 is 1.85 bits per heavy atom. The molecule has 0 radical (unpaired) electrons. The predicted octanol–water partition coefficient (Wildman–Crippen LogP) is 2.95. The van der Waals surface area contributed by atoms with Crippen LogP contribution in [-0.4, -0.2) is 38.0 Å². The summed E-state index contributed by atoms with van der Waals surface area (Å²) in [5, 5.41) is 2.45. The van der Waals surface area contributed by atoms with Gasteiger partial charge in [0, 0.05) is 13.0 Å². The largest absolute Gasteiger partial charge is 0.450 e. The van der Waals surface area contributed by atoms with Gasteiger partial charge in [0.05, 0.1) is 13.2 Å². The van der Waals surface area contributed by atoms with Crippen LogP contribution in [0, 0.1) is 0 Å². The number of alkyl halides is 3. The van der Waals surface area contributed by atoms with Crippen molar-refractivity contribution >= 4 is 12.2 Å². The lowest BCUT2D eigenvalue weighted by Gasteiger charge is -2.08. The zero-order chi connectivity index (χ0) is 15.3. The fourth-order valence-electron chi connectivity index (χ4n) is 1.39. The summed E-state index contributed by atoms with van der Waals surface area (Å²) in [6.45, 7) is 0.627. The molecular weight excluding hydrogens is 277 g/mol. The second kappa shape index (κ2) is 11.3. The summed E-state index contributed by atoms with van der Waals surface area (Å²) >= 11 is 0. The molecule has 0 unspecified atom stereocenters. The first-order valence-electron chi connectivity index (χ1n) is 6.46. The lowest BCUT2D eigenvalue weighted by atomic mass is 10.2. The molecule has 0 saturated carbocycles. The summed E-state index contributed by atoms with van der Waals surface area (Å²) in [5.41, 5.74) is 0. The average Bonchev–Trinajstić information content (AvgIpc) is 2.37. The van der Waals surface area contributed by atoms with Crippen LogP contribution in [-0.2, 0) is 9.53 Å². The van der Waals surface area contributed by atoms with Gasteiger partial charge in [-0.1, -0.05) is 12.8 Å². The number of alkyl carbamates (subject to hydrolysis) is 1. The molecule has 0 aliphatic carbocycles. The molecule has 0 aromatic heterocycles. The highest BCUT2D eigenvalue weighted by Gasteiger charge is 2.26. The number of isocyanates is 1. The lowest BCUT2D eigenvalue weighted by molar-refractivity contribution is -0.137. The molecule has 0 aromatic rings. The van der Waals surface area contributed by atoms with Crippen molar-refractivity contribution in [3.05, 3.63) is 0 Å².